The van der Waals surface area contributed by atoms with Crippen LogP contribution in [-0.2, 0) is 23.2 Å². The highest BCUT2D eigenvalue weighted by Crippen LogP contribution is 2.17. The summed E-state index contributed by atoms with van der Waals surface area (Å²) in [6.07, 6.45) is 3.18. The minimum Gasteiger partial charge on any atom is -0.392 e. The number of pyridine rings is 1. The number of rotatable bonds is 5. The number of halogens is 1. The van der Waals surface area contributed by atoms with Crippen LogP contribution in [0.3, 0.4) is 0 Å². The normalized spacial score (nSPS) is 11.6. The first kappa shape index (κ1) is 15.6. The maximum absolute atomic E-state index is 13.7. The third-order valence-corrected chi connectivity index (χ3v) is 4.47. The largest absolute Gasteiger partial charge is 0.392 e. The van der Waals surface area contributed by atoms with Gasteiger partial charge < -0.3 is 5.11 Å². The Morgan fingerprint density at radius 2 is 2.10 bits per heavy atom. The molecule has 0 aliphatic rings. The van der Waals surface area contributed by atoms with Crippen molar-refractivity contribution < 1.29 is 17.9 Å². The number of aryl methyl sites for hydroxylation is 1. The van der Waals surface area contributed by atoms with Crippen LogP contribution in [-0.4, -0.2) is 18.5 Å². The van der Waals surface area contributed by atoms with Crippen LogP contribution in [0.1, 0.15) is 16.7 Å². The molecule has 1 heterocycles. The van der Waals surface area contributed by atoms with Gasteiger partial charge in [-0.25, -0.2) is 17.5 Å². The van der Waals surface area contributed by atoms with Crippen molar-refractivity contribution in [3.05, 3.63) is 59.2 Å². The number of nitrogens with zero attached hydrogens (tertiary/aromatic N) is 1. The molecule has 2 aromatic rings. The molecule has 0 atom stereocenters. The van der Waals surface area contributed by atoms with Gasteiger partial charge in [0, 0.05) is 18.9 Å². The second-order valence-electron chi connectivity index (χ2n) is 4.55. The van der Waals surface area contributed by atoms with Gasteiger partial charge in [0.1, 0.15) is 10.7 Å². The maximum Gasteiger partial charge on any atom is 0.243 e. The molecule has 0 radical (unpaired) electrons. The van der Waals surface area contributed by atoms with E-state index in [0.29, 0.717) is 5.56 Å². The van der Waals surface area contributed by atoms with Crippen molar-refractivity contribution in [1.29, 1.82) is 0 Å². The SMILES string of the molecule is Cc1cnccc1CNS(=O)(=O)c1cc(CO)ccc1F. The van der Waals surface area contributed by atoms with Gasteiger partial charge in [-0.2, -0.15) is 0 Å². The molecular formula is C14H15FN2O3S. The molecule has 1 aromatic heterocycles. The Hall–Kier alpha value is -1.83. The van der Waals surface area contributed by atoms with E-state index in [9.17, 15) is 12.8 Å². The van der Waals surface area contributed by atoms with Gasteiger partial charge in [0.05, 0.1) is 6.61 Å². The van der Waals surface area contributed by atoms with Gasteiger partial charge in [-0.1, -0.05) is 6.07 Å². The number of aliphatic hydroxyl groups excluding tert-OH is 1. The molecular weight excluding hydrogens is 295 g/mol. The van der Waals surface area contributed by atoms with E-state index in [1.165, 1.54) is 6.07 Å². The zero-order valence-corrected chi connectivity index (χ0v) is 12.2. The Morgan fingerprint density at radius 1 is 1.33 bits per heavy atom. The van der Waals surface area contributed by atoms with Crippen LogP contribution < -0.4 is 4.72 Å². The number of benzene rings is 1. The molecule has 2 N–H and O–H groups in total. The lowest BCUT2D eigenvalue weighted by Gasteiger charge is -2.10. The van der Waals surface area contributed by atoms with Gasteiger partial charge in [-0.05, 0) is 41.8 Å². The fourth-order valence-electron chi connectivity index (χ4n) is 1.80. The van der Waals surface area contributed by atoms with Gasteiger partial charge >= 0.3 is 0 Å². The van der Waals surface area contributed by atoms with E-state index in [0.717, 1.165) is 23.3 Å². The fraction of sp³-hybridized carbons (Fsp3) is 0.214. The molecule has 112 valence electrons. The van der Waals surface area contributed by atoms with E-state index >= 15 is 0 Å². The third kappa shape index (κ3) is 3.63. The summed E-state index contributed by atoms with van der Waals surface area (Å²) in [5.74, 6) is -0.855. The minimum absolute atomic E-state index is 0.0412. The lowest BCUT2D eigenvalue weighted by molar-refractivity contribution is 0.281. The summed E-state index contributed by atoms with van der Waals surface area (Å²) in [5.41, 5.74) is 1.92. The van der Waals surface area contributed by atoms with Crippen molar-refractivity contribution in [3.63, 3.8) is 0 Å². The van der Waals surface area contributed by atoms with E-state index in [-0.39, 0.29) is 13.2 Å². The zero-order valence-electron chi connectivity index (χ0n) is 11.4. The van der Waals surface area contributed by atoms with Crippen LogP contribution in [0.4, 0.5) is 4.39 Å². The molecule has 0 saturated carbocycles. The van der Waals surface area contributed by atoms with Crippen molar-refractivity contribution in [2.24, 2.45) is 0 Å². The summed E-state index contributed by atoms with van der Waals surface area (Å²) in [7, 11) is -4.00. The van der Waals surface area contributed by atoms with E-state index in [1.807, 2.05) is 6.92 Å². The van der Waals surface area contributed by atoms with Crippen LogP contribution in [0.25, 0.3) is 0 Å². The van der Waals surface area contributed by atoms with Gasteiger partial charge in [-0.15, -0.1) is 0 Å². The molecule has 2 rings (SSSR count). The lowest BCUT2D eigenvalue weighted by atomic mass is 10.2. The summed E-state index contributed by atoms with van der Waals surface area (Å²) in [6.45, 7) is 1.50. The Morgan fingerprint density at radius 3 is 2.76 bits per heavy atom. The highest BCUT2D eigenvalue weighted by Gasteiger charge is 2.19. The summed E-state index contributed by atoms with van der Waals surface area (Å²) < 4.78 is 40.4. The Bertz CT molecular complexity index is 748. The Labute approximate surface area is 122 Å². The van der Waals surface area contributed by atoms with Gasteiger partial charge in [0.25, 0.3) is 0 Å². The summed E-state index contributed by atoms with van der Waals surface area (Å²) in [6, 6.07) is 5.18. The summed E-state index contributed by atoms with van der Waals surface area (Å²) >= 11 is 0. The van der Waals surface area contributed by atoms with E-state index in [1.54, 1.807) is 18.5 Å². The molecule has 0 aliphatic carbocycles. The third-order valence-electron chi connectivity index (χ3n) is 3.06. The number of hydrogen-bond donors (Lipinski definition) is 2. The number of nitrogens with one attached hydrogen (secondary N) is 1. The highest BCUT2D eigenvalue weighted by atomic mass is 32.2. The Balaban J connectivity index is 2.25. The van der Waals surface area contributed by atoms with Crippen molar-refractivity contribution in [3.8, 4) is 0 Å². The quantitative estimate of drug-likeness (QED) is 0.877. The second kappa shape index (κ2) is 6.30. The molecule has 21 heavy (non-hydrogen) atoms. The van der Waals surface area contributed by atoms with E-state index in [2.05, 4.69) is 9.71 Å². The van der Waals surface area contributed by atoms with Crippen LogP contribution in [0.15, 0.2) is 41.6 Å². The van der Waals surface area contributed by atoms with E-state index in [4.69, 9.17) is 5.11 Å². The van der Waals surface area contributed by atoms with Crippen molar-refractivity contribution in [2.45, 2.75) is 25.0 Å². The lowest BCUT2D eigenvalue weighted by Crippen LogP contribution is -2.24. The molecule has 5 nitrogen and oxygen atoms in total. The van der Waals surface area contributed by atoms with Crippen LogP contribution in [0.5, 0.6) is 0 Å². The molecule has 0 spiro atoms. The number of aliphatic hydroxyl groups is 1. The molecule has 0 amide bonds. The molecule has 0 fully saturated rings. The predicted octanol–water partition coefficient (Wildman–Crippen LogP) is 1.50. The molecule has 0 saturated heterocycles. The standard InChI is InChI=1S/C14H15FN2O3S/c1-10-7-16-5-4-12(10)8-17-21(19,20)14-6-11(9-18)2-3-13(14)15/h2-7,17-18H,8-9H2,1H3. The monoisotopic (exact) mass is 310 g/mol. The van der Waals surface area contributed by atoms with Crippen molar-refractivity contribution in [2.75, 3.05) is 0 Å². The smallest absolute Gasteiger partial charge is 0.243 e. The van der Waals surface area contributed by atoms with Crippen LogP contribution >= 0.6 is 0 Å². The molecule has 7 heteroatoms. The van der Waals surface area contributed by atoms with Crippen molar-refractivity contribution >= 4 is 10.0 Å². The summed E-state index contributed by atoms with van der Waals surface area (Å²) in [4.78, 5) is 3.45. The van der Waals surface area contributed by atoms with Gasteiger partial charge in [0.2, 0.25) is 10.0 Å². The first-order valence-electron chi connectivity index (χ1n) is 6.22. The average molecular weight is 310 g/mol. The highest BCUT2D eigenvalue weighted by molar-refractivity contribution is 7.89. The fourth-order valence-corrected chi connectivity index (χ4v) is 2.94. The Kier molecular flexibility index (Phi) is 4.66. The maximum atomic E-state index is 13.7. The zero-order chi connectivity index (χ0) is 15.5. The number of hydrogen-bond acceptors (Lipinski definition) is 4. The van der Waals surface area contributed by atoms with Crippen LogP contribution in [0, 0.1) is 12.7 Å². The van der Waals surface area contributed by atoms with Crippen LogP contribution in [0.2, 0.25) is 0 Å². The minimum atomic E-state index is -4.00. The predicted molar refractivity (Wildman–Crippen MR) is 75.3 cm³/mol. The van der Waals surface area contributed by atoms with Crippen molar-refractivity contribution in [1.82, 2.24) is 9.71 Å². The second-order valence-corrected chi connectivity index (χ2v) is 6.28. The molecule has 0 unspecified atom stereocenters. The summed E-state index contributed by atoms with van der Waals surface area (Å²) in [5, 5.41) is 9.02. The van der Waals surface area contributed by atoms with Gasteiger partial charge in [-0.3, -0.25) is 4.98 Å². The molecule has 1 aromatic carbocycles. The molecule has 0 aliphatic heterocycles. The average Bonchev–Trinajstić information content (AvgIpc) is 2.47. The first-order chi connectivity index (χ1) is 9.94. The first-order valence-corrected chi connectivity index (χ1v) is 7.71. The van der Waals surface area contributed by atoms with Gasteiger partial charge in [0.15, 0.2) is 0 Å². The molecule has 0 bridgehead atoms. The number of aromatic nitrogens is 1. The number of sulfonamides is 1. The topological polar surface area (TPSA) is 79.3 Å². The van der Waals surface area contributed by atoms with E-state index < -0.39 is 20.7 Å².